The van der Waals surface area contributed by atoms with Crippen LogP contribution in [0.2, 0.25) is 0 Å². The Kier molecular flexibility index (Phi) is 2.73. The summed E-state index contributed by atoms with van der Waals surface area (Å²) in [6.45, 7) is 0.786. The van der Waals surface area contributed by atoms with Gasteiger partial charge in [0.25, 0.3) is 0 Å². The second-order valence-corrected chi connectivity index (χ2v) is 4.10. The zero-order valence-electron chi connectivity index (χ0n) is 9.43. The Morgan fingerprint density at radius 2 is 2.38 bits per heavy atom. The van der Waals surface area contributed by atoms with Gasteiger partial charge in [-0.15, -0.1) is 0 Å². The van der Waals surface area contributed by atoms with Gasteiger partial charge in [0.05, 0.1) is 13.5 Å². The Bertz CT molecular complexity index is 417. The first-order chi connectivity index (χ1) is 7.61. The van der Waals surface area contributed by atoms with E-state index in [1.165, 1.54) is 7.11 Å². The van der Waals surface area contributed by atoms with Gasteiger partial charge in [-0.05, 0) is 11.6 Å². The van der Waals surface area contributed by atoms with Crippen molar-refractivity contribution >= 4 is 11.7 Å². The molecule has 4 nitrogen and oxygen atoms in total. The third kappa shape index (κ3) is 1.83. The number of esters is 1. The molecule has 1 atom stereocenters. The van der Waals surface area contributed by atoms with Crippen molar-refractivity contribution in [1.82, 2.24) is 0 Å². The number of aromatic hydroxyl groups is 1. The molecule has 1 aliphatic heterocycles. The van der Waals surface area contributed by atoms with Crippen LogP contribution in [0, 0.1) is 0 Å². The summed E-state index contributed by atoms with van der Waals surface area (Å²) in [4.78, 5) is 13.3. The smallest absolute Gasteiger partial charge is 0.306 e. The molecule has 0 aliphatic carbocycles. The number of carbonyl (C=O) groups excluding carboxylic acids is 1. The summed E-state index contributed by atoms with van der Waals surface area (Å²) in [5.41, 5.74) is 2.10. The molecule has 0 bridgehead atoms. The summed E-state index contributed by atoms with van der Waals surface area (Å²) in [6, 6.07) is 5.26. The van der Waals surface area contributed by atoms with Crippen molar-refractivity contribution in [1.29, 1.82) is 0 Å². The SMILES string of the molecule is COC(=O)CC1CN(C)c2cc(O)ccc21. The Balaban J connectivity index is 2.25. The predicted octanol–water partition coefficient (Wildman–Crippen LogP) is 1.49. The summed E-state index contributed by atoms with van der Waals surface area (Å²) < 4.78 is 4.68. The summed E-state index contributed by atoms with van der Waals surface area (Å²) in [5.74, 6) is 0.219. The van der Waals surface area contributed by atoms with Crippen molar-refractivity contribution in [2.24, 2.45) is 0 Å². The van der Waals surface area contributed by atoms with E-state index in [0.717, 1.165) is 17.8 Å². The highest BCUT2D eigenvalue weighted by molar-refractivity contribution is 5.73. The van der Waals surface area contributed by atoms with Crippen LogP contribution in [-0.4, -0.2) is 31.8 Å². The average molecular weight is 221 g/mol. The lowest BCUT2D eigenvalue weighted by Gasteiger charge is -2.12. The molecule has 16 heavy (non-hydrogen) atoms. The molecule has 4 heteroatoms. The molecule has 1 heterocycles. The molecule has 1 unspecified atom stereocenters. The number of phenols is 1. The molecule has 0 amide bonds. The minimum Gasteiger partial charge on any atom is -0.508 e. The molecule has 0 fully saturated rings. The van der Waals surface area contributed by atoms with Crippen molar-refractivity contribution in [3.8, 4) is 5.75 Å². The van der Waals surface area contributed by atoms with E-state index in [2.05, 4.69) is 4.74 Å². The number of phenolic OH excluding ortho intramolecular Hbond substituents is 1. The lowest BCUT2D eigenvalue weighted by molar-refractivity contribution is -0.140. The van der Waals surface area contributed by atoms with Crippen molar-refractivity contribution in [2.45, 2.75) is 12.3 Å². The van der Waals surface area contributed by atoms with Crippen molar-refractivity contribution < 1.29 is 14.6 Å². The summed E-state index contributed by atoms with van der Waals surface area (Å²) in [5, 5.41) is 9.41. The monoisotopic (exact) mass is 221 g/mol. The van der Waals surface area contributed by atoms with Gasteiger partial charge in [-0.1, -0.05) is 6.07 Å². The van der Waals surface area contributed by atoms with Gasteiger partial charge < -0.3 is 14.7 Å². The van der Waals surface area contributed by atoms with E-state index in [9.17, 15) is 9.90 Å². The Hall–Kier alpha value is -1.71. The van der Waals surface area contributed by atoms with Gasteiger partial charge in [0.2, 0.25) is 0 Å². The Labute approximate surface area is 94.4 Å². The molecule has 0 saturated heterocycles. The fourth-order valence-corrected chi connectivity index (χ4v) is 2.19. The largest absolute Gasteiger partial charge is 0.508 e. The number of rotatable bonds is 2. The van der Waals surface area contributed by atoms with Crippen LogP contribution >= 0.6 is 0 Å². The van der Waals surface area contributed by atoms with E-state index in [-0.39, 0.29) is 17.6 Å². The van der Waals surface area contributed by atoms with Gasteiger partial charge in [0.15, 0.2) is 0 Å². The molecule has 0 spiro atoms. The van der Waals surface area contributed by atoms with Gasteiger partial charge in [-0.2, -0.15) is 0 Å². The molecule has 1 N–H and O–H groups in total. The maximum atomic E-state index is 11.3. The summed E-state index contributed by atoms with van der Waals surface area (Å²) in [7, 11) is 3.36. The number of anilines is 1. The Morgan fingerprint density at radius 3 is 3.06 bits per heavy atom. The number of hydrogen-bond donors (Lipinski definition) is 1. The number of fused-ring (bicyclic) bond motifs is 1. The van der Waals surface area contributed by atoms with E-state index in [1.807, 2.05) is 18.0 Å². The van der Waals surface area contributed by atoms with Crippen LogP contribution in [0.15, 0.2) is 18.2 Å². The molecule has 1 aliphatic rings. The van der Waals surface area contributed by atoms with Gasteiger partial charge in [-0.3, -0.25) is 4.79 Å². The fourth-order valence-electron chi connectivity index (χ4n) is 2.19. The number of nitrogens with zero attached hydrogens (tertiary/aromatic N) is 1. The van der Waals surface area contributed by atoms with Gasteiger partial charge in [0.1, 0.15) is 5.75 Å². The van der Waals surface area contributed by atoms with Crippen molar-refractivity contribution in [3.63, 3.8) is 0 Å². The molecule has 0 radical (unpaired) electrons. The minimum absolute atomic E-state index is 0.160. The molecule has 0 aromatic heterocycles. The van der Waals surface area contributed by atoms with E-state index in [1.54, 1.807) is 12.1 Å². The van der Waals surface area contributed by atoms with Crippen LogP contribution in [0.3, 0.4) is 0 Å². The third-order valence-electron chi connectivity index (χ3n) is 3.00. The zero-order valence-corrected chi connectivity index (χ0v) is 9.43. The summed E-state index contributed by atoms with van der Waals surface area (Å²) in [6.07, 6.45) is 0.388. The first-order valence-electron chi connectivity index (χ1n) is 5.22. The maximum Gasteiger partial charge on any atom is 0.306 e. The Morgan fingerprint density at radius 1 is 1.62 bits per heavy atom. The number of carbonyl (C=O) groups is 1. The zero-order chi connectivity index (χ0) is 11.7. The molecule has 2 rings (SSSR count). The van der Waals surface area contributed by atoms with Gasteiger partial charge in [0, 0.05) is 31.3 Å². The predicted molar refractivity (Wildman–Crippen MR) is 60.8 cm³/mol. The van der Waals surface area contributed by atoms with E-state index in [0.29, 0.717) is 6.42 Å². The van der Waals surface area contributed by atoms with Crippen LogP contribution in [0.1, 0.15) is 17.9 Å². The molecule has 0 saturated carbocycles. The lowest BCUT2D eigenvalue weighted by atomic mass is 9.98. The number of methoxy groups -OCH3 is 1. The van der Waals surface area contributed by atoms with E-state index in [4.69, 9.17) is 0 Å². The van der Waals surface area contributed by atoms with Crippen molar-refractivity contribution in [3.05, 3.63) is 23.8 Å². The lowest BCUT2D eigenvalue weighted by Crippen LogP contribution is -2.17. The second kappa shape index (κ2) is 4.04. The quantitative estimate of drug-likeness (QED) is 0.769. The minimum atomic E-state index is -0.195. The standard InChI is InChI=1S/C12H15NO3/c1-13-7-8(5-12(15)16-2)10-4-3-9(14)6-11(10)13/h3-4,6,8,14H,5,7H2,1-2H3. The third-order valence-corrected chi connectivity index (χ3v) is 3.00. The molecule has 1 aromatic rings. The number of benzene rings is 1. The first-order valence-corrected chi connectivity index (χ1v) is 5.22. The number of ether oxygens (including phenoxy) is 1. The van der Waals surface area contributed by atoms with E-state index >= 15 is 0 Å². The molecule has 86 valence electrons. The van der Waals surface area contributed by atoms with Crippen LogP contribution in [0.25, 0.3) is 0 Å². The highest BCUT2D eigenvalue weighted by Crippen LogP contribution is 2.39. The number of likely N-dealkylation sites (N-methyl/N-ethyl adjacent to an activating group) is 1. The number of hydrogen-bond acceptors (Lipinski definition) is 4. The van der Waals surface area contributed by atoms with Crippen LogP contribution in [0.5, 0.6) is 5.75 Å². The average Bonchev–Trinajstić information content (AvgIpc) is 2.55. The molecular formula is C12H15NO3. The van der Waals surface area contributed by atoms with E-state index < -0.39 is 0 Å². The normalized spacial score (nSPS) is 18.4. The van der Waals surface area contributed by atoms with Crippen molar-refractivity contribution in [2.75, 3.05) is 25.6 Å². The highest BCUT2D eigenvalue weighted by Gasteiger charge is 2.28. The first kappa shape index (κ1) is 10.8. The fraction of sp³-hybridized carbons (Fsp3) is 0.417. The molecular weight excluding hydrogens is 206 g/mol. The van der Waals surface area contributed by atoms with Crippen LogP contribution < -0.4 is 4.90 Å². The molecule has 1 aromatic carbocycles. The topological polar surface area (TPSA) is 49.8 Å². The van der Waals surface area contributed by atoms with Gasteiger partial charge >= 0.3 is 5.97 Å². The van der Waals surface area contributed by atoms with Gasteiger partial charge in [-0.25, -0.2) is 0 Å². The van der Waals surface area contributed by atoms with Crippen LogP contribution in [0.4, 0.5) is 5.69 Å². The summed E-state index contributed by atoms with van der Waals surface area (Å²) >= 11 is 0. The second-order valence-electron chi connectivity index (χ2n) is 4.10. The maximum absolute atomic E-state index is 11.3. The van der Waals surface area contributed by atoms with Crippen LogP contribution in [-0.2, 0) is 9.53 Å². The highest BCUT2D eigenvalue weighted by atomic mass is 16.5.